The van der Waals surface area contributed by atoms with Gasteiger partial charge in [0.25, 0.3) is 11.7 Å². The number of amides is 1. The van der Waals surface area contributed by atoms with Crippen molar-refractivity contribution in [1.29, 1.82) is 0 Å². The third-order valence-corrected chi connectivity index (χ3v) is 6.49. The molecule has 1 aliphatic rings. The fourth-order valence-corrected chi connectivity index (χ4v) is 4.84. The van der Waals surface area contributed by atoms with Gasteiger partial charge in [0, 0.05) is 6.54 Å². The van der Waals surface area contributed by atoms with Crippen LogP contribution < -0.4 is 14.2 Å². The van der Waals surface area contributed by atoms with Crippen LogP contribution in [-0.4, -0.2) is 42.5 Å². The molecule has 0 spiro atoms. The molecule has 1 saturated heterocycles. The van der Waals surface area contributed by atoms with E-state index in [2.05, 4.69) is 0 Å². The first-order valence-corrected chi connectivity index (χ1v) is 12.1. The first-order valence-electron chi connectivity index (χ1n) is 11.8. The molecule has 1 aliphatic heterocycles. The fraction of sp³-hybridized carbons (Fsp3) is 0.241. The van der Waals surface area contributed by atoms with E-state index < -0.39 is 17.7 Å². The smallest absolute Gasteiger partial charge is 0.295 e. The zero-order valence-electron chi connectivity index (χ0n) is 21.1. The molecule has 0 radical (unpaired) electrons. The number of aryl methyl sites for hydroxylation is 1. The maximum atomic E-state index is 13.4. The van der Waals surface area contributed by atoms with Crippen molar-refractivity contribution < 1.29 is 28.9 Å². The van der Waals surface area contributed by atoms with E-state index in [9.17, 15) is 14.7 Å². The highest BCUT2D eigenvalue weighted by molar-refractivity contribution is 6.46. The maximum Gasteiger partial charge on any atom is 0.295 e. The number of hydrogen-bond acceptors (Lipinski definition) is 6. The van der Waals surface area contributed by atoms with Gasteiger partial charge in [-0.1, -0.05) is 35.9 Å². The Balaban J connectivity index is 1.88. The summed E-state index contributed by atoms with van der Waals surface area (Å²) in [6, 6.07) is 16.9. The van der Waals surface area contributed by atoms with Crippen molar-refractivity contribution in [2.24, 2.45) is 0 Å². The average Bonchev–Trinajstić information content (AvgIpc) is 3.14. The first kappa shape index (κ1) is 26.1. The molecule has 1 unspecified atom stereocenters. The molecule has 0 saturated carbocycles. The molecule has 4 rings (SSSR count). The van der Waals surface area contributed by atoms with Crippen LogP contribution in [0.2, 0.25) is 5.02 Å². The average molecular weight is 522 g/mol. The summed E-state index contributed by atoms with van der Waals surface area (Å²) in [5.41, 5.74) is 2.41. The van der Waals surface area contributed by atoms with E-state index in [0.717, 1.165) is 11.1 Å². The Labute approximate surface area is 220 Å². The SMILES string of the molecule is CCOc1ccc(C2/C(=C(\O)c3cc(C)cc(Cl)c3OC)C(=O)C(=O)N2Cc2ccc(OC)cc2)cc1. The summed E-state index contributed by atoms with van der Waals surface area (Å²) < 4.78 is 16.2. The maximum absolute atomic E-state index is 13.4. The molecule has 192 valence electrons. The van der Waals surface area contributed by atoms with Crippen molar-refractivity contribution in [2.75, 3.05) is 20.8 Å². The predicted octanol–water partition coefficient (Wildman–Crippen LogP) is 5.69. The summed E-state index contributed by atoms with van der Waals surface area (Å²) in [6.45, 7) is 4.35. The minimum Gasteiger partial charge on any atom is -0.507 e. The Hall–Kier alpha value is -3.97. The van der Waals surface area contributed by atoms with Crippen molar-refractivity contribution in [2.45, 2.75) is 26.4 Å². The number of aliphatic hydroxyl groups is 1. The first-order chi connectivity index (χ1) is 17.8. The molecule has 37 heavy (non-hydrogen) atoms. The fourth-order valence-electron chi connectivity index (χ4n) is 4.49. The molecule has 8 heteroatoms. The van der Waals surface area contributed by atoms with Crippen LogP contribution >= 0.6 is 11.6 Å². The van der Waals surface area contributed by atoms with Gasteiger partial charge in [0.2, 0.25) is 0 Å². The molecule has 1 amide bonds. The minimum atomic E-state index is -0.846. The lowest BCUT2D eigenvalue weighted by Gasteiger charge is -2.26. The molecule has 7 nitrogen and oxygen atoms in total. The van der Waals surface area contributed by atoms with E-state index in [1.165, 1.54) is 12.0 Å². The van der Waals surface area contributed by atoms with Gasteiger partial charge in [-0.3, -0.25) is 9.59 Å². The van der Waals surface area contributed by atoms with Gasteiger partial charge >= 0.3 is 0 Å². The monoisotopic (exact) mass is 521 g/mol. The minimum absolute atomic E-state index is 0.0392. The number of nitrogens with zero attached hydrogens (tertiary/aromatic N) is 1. The molecular weight excluding hydrogens is 494 g/mol. The highest BCUT2D eigenvalue weighted by Crippen LogP contribution is 2.43. The number of rotatable bonds is 8. The molecule has 3 aromatic rings. The van der Waals surface area contributed by atoms with Crippen LogP contribution in [-0.2, 0) is 16.1 Å². The number of benzene rings is 3. The quantitative estimate of drug-likeness (QED) is 0.233. The Morgan fingerprint density at radius 2 is 1.62 bits per heavy atom. The summed E-state index contributed by atoms with van der Waals surface area (Å²) in [7, 11) is 3.00. The number of carbonyl (C=O) groups excluding carboxylic acids is 2. The van der Waals surface area contributed by atoms with Crippen molar-refractivity contribution in [3.05, 3.63) is 93.5 Å². The Kier molecular flexibility index (Phi) is 7.74. The molecule has 0 aromatic heterocycles. The number of aliphatic hydroxyl groups excluding tert-OH is 1. The second kappa shape index (κ2) is 11.0. The molecule has 0 aliphatic carbocycles. The van der Waals surface area contributed by atoms with Crippen LogP contribution in [0.3, 0.4) is 0 Å². The van der Waals surface area contributed by atoms with Crippen LogP contribution in [0.5, 0.6) is 17.2 Å². The molecule has 1 fully saturated rings. The second-order valence-electron chi connectivity index (χ2n) is 8.60. The van der Waals surface area contributed by atoms with Gasteiger partial charge in [-0.15, -0.1) is 0 Å². The van der Waals surface area contributed by atoms with E-state index in [-0.39, 0.29) is 34.2 Å². The number of likely N-dealkylation sites (tertiary alicyclic amines) is 1. The van der Waals surface area contributed by atoms with Crippen molar-refractivity contribution >= 4 is 29.1 Å². The molecule has 1 atom stereocenters. The summed E-state index contributed by atoms with van der Waals surface area (Å²) >= 11 is 6.37. The number of ketones is 1. The summed E-state index contributed by atoms with van der Waals surface area (Å²) in [6.07, 6.45) is 0. The van der Waals surface area contributed by atoms with Gasteiger partial charge in [-0.25, -0.2) is 0 Å². The number of halogens is 1. The van der Waals surface area contributed by atoms with Crippen LogP contribution in [0.25, 0.3) is 5.76 Å². The number of methoxy groups -OCH3 is 2. The molecule has 0 bridgehead atoms. The molecule has 1 N–H and O–H groups in total. The van der Waals surface area contributed by atoms with Gasteiger partial charge in [0.05, 0.1) is 43.0 Å². The van der Waals surface area contributed by atoms with Crippen molar-refractivity contribution in [3.8, 4) is 17.2 Å². The van der Waals surface area contributed by atoms with E-state index in [4.69, 9.17) is 25.8 Å². The Morgan fingerprint density at radius 1 is 0.973 bits per heavy atom. The zero-order valence-corrected chi connectivity index (χ0v) is 21.8. The lowest BCUT2D eigenvalue weighted by molar-refractivity contribution is -0.140. The summed E-state index contributed by atoms with van der Waals surface area (Å²) in [5, 5.41) is 11.8. The largest absolute Gasteiger partial charge is 0.507 e. The highest BCUT2D eigenvalue weighted by atomic mass is 35.5. The molecular formula is C29H28ClNO6. The summed E-state index contributed by atoms with van der Waals surface area (Å²) in [5.74, 6) is -0.296. The van der Waals surface area contributed by atoms with Crippen LogP contribution in [0.1, 0.15) is 35.2 Å². The van der Waals surface area contributed by atoms with Crippen LogP contribution in [0.15, 0.2) is 66.2 Å². The predicted molar refractivity (Wildman–Crippen MR) is 141 cm³/mol. The summed E-state index contributed by atoms with van der Waals surface area (Å²) in [4.78, 5) is 28.2. The molecule has 3 aromatic carbocycles. The van der Waals surface area contributed by atoms with Crippen LogP contribution in [0, 0.1) is 6.92 Å². The zero-order chi connectivity index (χ0) is 26.7. The van der Waals surface area contributed by atoms with Crippen molar-refractivity contribution in [1.82, 2.24) is 4.90 Å². The third kappa shape index (κ3) is 5.13. The van der Waals surface area contributed by atoms with Crippen molar-refractivity contribution in [3.63, 3.8) is 0 Å². The number of ether oxygens (including phenoxy) is 3. The standard InChI is InChI=1S/C29H28ClNO6/c1-5-37-21-12-8-19(9-13-21)25-24(26(32)22-14-17(2)15-23(30)28(22)36-4)27(33)29(34)31(25)16-18-6-10-20(35-3)11-7-18/h6-15,25,32H,5,16H2,1-4H3/b26-24+. The van der Waals surface area contributed by atoms with E-state index in [0.29, 0.717) is 23.7 Å². The van der Waals surface area contributed by atoms with E-state index >= 15 is 0 Å². The third-order valence-electron chi connectivity index (χ3n) is 6.21. The van der Waals surface area contributed by atoms with E-state index in [1.807, 2.05) is 26.0 Å². The van der Waals surface area contributed by atoms with Gasteiger partial charge in [-0.2, -0.15) is 0 Å². The number of hydrogen-bond donors (Lipinski definition) is 1. The second-order valence-corrected chi connectivity index (χ2v) is 9.01. The van der Waals surface area contributed by atoms with Gasteiger partial charge < -0.3 is 24.2 Å². The highest BCUT2D eigenvalue weighted by Gasteiger charge is 2.46. The normalized spacial score (nSPS) is 16.7. The molecule has 1 heterocycles. The van der Waals surface area contributed by atoms with Gasteiger partial charge in [0.15, 0.2) is 0 Å². The topological polar surface area (TPSA) is 85.3 Å². The van der Waals surface area contributed by atoms with Gasteiger partial charge in [-0.05, 0) is 66.9 Å². The lowest BCUT2D eigenvalue weighted by atomic mass is 9.94. The van der Waals surface area contributed by atoms with E-state index in [1.54, 1.807) is 55.6 Å². The van der Waals surface area contributed by atoms with Crippen LogP contribution in [0.4, 0.5) is 0 Å². The lowest BCUT2D eigenvalue weighted by Crippen LogP contribution is -2.29. The Morgan fingerprint density at radius 3 is 2.22 bits per heavy atom. The van der Waals surface area contributed by atoms with Gasteiger partial charge in [0.1, 0.15) is 23.0 Å². The number of Topliss-reactive ketones (excluding diaryl/α,β-unsaturated/α-hetero) is 1. The Bertz CT molecular complexity index is 1350. The number of carbonyl (C=O) groups is 2.